The quantitative estimate of drug-likeness (QED) is 0.726. The molecule has 26 heavy (non-hydrogen) atoms. The highest BCUT2D eigenvalue weighted by atomic mass is 16.5. The van der Waals surface area contributed by atoms with Gasteiger partial charge >= 0.3 is 6.09 Å². The van der Waals surface area contributed by atoms with Gasteiger partial charge in [0.05, 0.1) is 0 Å². The monoisotopic (exact) mass is 352 g/mol. The predicted molar refractivity (Wildman–Crippen MR) is 94.9 cm³/mol. The molecule has 0 fully saturated rings. The van der Waals surface area contributed by atoms with E-state index in [0.717, 1.165) is 11.1 Å². The molecule has 0 spiro atoms. The summed E-state index contributed by atoms with van der Waals surface area (Å²) in [5.41, 5.74) is 1.71. The second kappa shape index (κ2) is 8.24. The number of nitrogens with one attached hydrogen (secondary N) is 1. The Labute approximate surface area is 151 Å². The van der Waals surface area contributed by atoms with Crippen LogP contribution in [0.15, 0.2) is 59.4 Å². The van der Waals surface area contributed by atoms with E-state index in [1.165, 1.54) is 0 Å². The van der Waals surface area contributed by atoms with Crippen LogP contribution < -0.4 is 5.32 Å². The highest BCUT2D eigenvalue weighted by Crippen LogP contribution is 2.23. The zero-order chi connectivity index (χ0) is 18.4. The number of rotatable bonds is 6. The van der Waals surface area contributed by atoms with E-state index in [0.29, 0.717) is 11.7 Å². The van der Waals surface area contributed by atoms with Crippen molar-refractivity contribution in [2.75, 3.05) is 0 Å². The number of hydrogen-bond donors (Lipinski definition) is 1. The topological polar surface area (TPSA) is 90.1 Å². The number of hydrogen-bond acceptors (Lipinski definition) is 6. The second-order valence-electron chi connectivity index (χ2n) is 6.12. The van der Waals surface area contributed by atoms with E-state index in [4.69, 9.17) is 9.26 Å². The van der Waals surface area contributed by atoms with E-state index in [2.05, 4.69) is 20.4 Å². The molecule has 3 aromatic rings. The minimum atomic E-state index is -0.531. The smallest absolute Gasteiger partial charge is 0.408 e. The van der Waals surface area contributed by atoms with Crippen molar-refractivity contribution in [2.45, 2.75) is 26.5 Å². The van der Waals surface area contributed by atoms with E-state index in [1.807, 2.05) is 44.2 Å². The Morgan fingerprint density at radius 3 is 2.58 bits per heavy atom. The van der Waals surface area contributed by atoms with Crippen molar-refractivity contribution >= 4 is 6.09 Å². The van der Waals surface area contributed by atoms with Crippen LogP contribution in [0.4, 0.5) is 4.79 Å². The fourth-order valence-electron chi connectivity index (χ4n) is 2.39. The summed E-state index contributed by atoms with van der Waals surface area (Å²) >= 11 is 0. The second-order valence-corrected chi connectivity index (χ2v) is 6.12. The third-order valence-electron chi connectivity index (χ3n) is 3.80. The Morgan fingerprint density at radius 1 is 1.15 bits per heavy atom. The molecule has 1 aromatic carbocycles. The van der Waals surface area contributed by atoms with Crippen LogP contribution in [0.1, 0.15) is 31.3 Å². The fraction of sp³-hybridized carbons (Fsp3) is 0.263. The Bertz CT molecular complexity index is 834. The number of nitrogens with zero attached hydrogens (tertiary/aromatic N) is 3. The van der Waals surface area contributed by atoms with Crippen molar-refractivity contribution in [2.24, 2.45) is 5.92 Å². The number of pyridine rings is 1. The van der Waals surface area contributed by atoms with Crippen LogP contribution in [-0.2, 0) is 11.3 Å². The molecule has 2 heterocycles. The summed E-state index contributed by atoms with van der Waals surface area (Å²) in [7, 11) is 0. The SMILES string of the molecule is CC(C)[C@H](NC(=O)OCc1ccccc1)c1nc(-c2ccncc2)no1. The molecule has 1 N–H and O–H groups in total. The summed E-state index contributed by atoms with van der Waals surface area (Å²) in [6.45, 7) is 4.11. The number of ether oxygens (including phenoxy) is 1. The molecule has 2 aromatic heterocycles. The standard InChI is InChI=1S/C19H20N4O3/c1-13(2)16(21-19(24)25-12-14-6-4-3-5-7-14)18-22-17(23-26-18)15-8-10-20-11-9-15/h3-11,13,16H,12H2,1-2H3,(H,21,24)/t16-/m0/s1. The molecule has 0 unspecified atom stereocenters. The highest BCUT2D eigenvalue weighted by molar-refractivity contribution is 5.67. The maximum absolute atomic E-state index is 12.1. The van der Waals surface area contributed by atoms with Crippen molar-refractivity contribution < 1.29 is 14.1 Å². The van der Waals surface area contributed by atoms with Gasteiger partial charge in [0.2, 0.25) is 11.7 Å². The molecule has 0 aliphatic carbocycles. The molecule has 1 atom stereocenters. The van der Waals surface area contributed by atoms with Crippen LogP contribution in [0.5, 0.6) is 0 Å². The van der Waals surface area contributed by atoms with Crippen LogP contribution in [-0.4, -0.2) is 21.2 Å². The lowest BCUT2D eigenvalue weighted by Gasteiger charge is -2.18. The Balaban J connectivity index is 1.66. The lowest BCUT2D eigenvalue weighted by Crippen LogP contribution is -2.32. The van der Waals surface area contributed by atoms with Gasteiger partial charge in [-0.3, -0.25) is 4.98 Å². The van der Waals surface area contributed by atoms with Crippen LogP contribution in [0, 0.1) is 5.92 Å². The van der Waals surface area contributed by atoms with E-state index in [9.17, 15) is 4.79 Å². The Hall–Kier alpha value is -3.22. The molecule has 0 aliphatic heterocycles. The molecule has 0 bridgehead atoms. The summed E-state index contributed by atoms with van der Waals surface area (Å²) in [5.74, 6) is 0.834. The normalized spacial score (nSPS) is 12.0. The van der Waals surface area contributed by atoms with Gasteiger partial charge in [0.25, 0.3) is 0 Å². The molecular formula is C19H20N4O3. The molecule has 7 heteroatoms. The zero-order valence-corrected chi connectivity index (χ0v) is 14.6. The van der Waals surface area contributed by atoms with Gasteiger partial charge < -0.3 is 14.6 Å². The molecule has 0 saturated carbocycles. The average Bonchev–Trinajstić information content (AvgIpc) is 3.15. The Kier molecular flexibility index (Phi) is 5.58. The van der Waals surface area contributed by atoms with Gasteiger partial charge in [0, 0.05) is 18.0 Å². The highest BCUT2D eigenvalue weighted by Gasteiger charge is 2.25. The van der Waals surface area contributed by atoms with Crippen molar-refractivity contribution in [3.05, 3.63) is 66.3 Å². The van der Waals surface area contributed by atoms with Crippen LogP contribution >= 0.6 is 0 Å². The number of amides is 1. The molecular weight excluding hydrogens is 332 g/mol. The van der Waals surface area contributed by atoms with E-state index >= 15 is 0 Å². The van der Waals surface area contributed by atoms with E-state index in [-0.39, 0.29) is 12.5 Å². The molecule has 134 valence electrons. The number of benzene rings is 1. The van der Waals surface area contributed by atoms with Gasteiger partial charge in [-0.1, -0.05) is 49.3 Å². The number of carbonyl (C=O) groups is 1. The summed E-state index contributed by atoms with van der Waals surface area (Å²) < 4.78 is 10.6. The van der Waals surface area contributed by atoms with Crippen molar-refractivity contribution in [1.82, 2.24) is 20.4 Å². The number of carbonyl (C=O) groups excluding carboxylic acids is 1. The lowest BCUT2D eigenvalue weighted by molar-refractivity contribution is 0.129. The van der Waals surface area contributed by atoms with Gasteiger partial charge in [-0.25, -0.2) is 4.79 Å². The predicted octanol–water partition coefficient (Wildman–Crippen LogP) is 3.76. The Morgan fingerprint density at radius 2 is 1.88 bits per heavy atom. The molecule has 0 aliphatic rings. The zero-order valence-electron chi connectivity index (χ0n) is 14.6. The fourth-order valence-corrected chi connectivity index (χ4v) is 2.39. The lowest BCUT2D eigenvalue weighted by atomic mass is 10.0. The third kappa shape index (κ3) is 4.44. The van der Waals surface area contributed by atoms with Crippen molar-refractivity contribution in [3.63, 3.8) is 0 Å². The first-order chi connectivity index (χ1) is 12.6. The van der Waals surface area contributed by atoms with Crippen LogP contribution in [0.25, 0.3) is 11.4 Å². The van der Waals surface area contributed by atoms with Gasteiger partial charge in [-0.2, -0.15) is 4.98 Å². The molecule has 0 radical (unpaired) electrons. The molecule has 0 saturated heterocycles. The van der Waals surface area contributed by atoms with Gasteiger partial charge in [0.1, 0.15) is 12.6 Å². The largest absolute Gasteiger partial charge is 0.445 e. The van der Waals surface area contributed by atoms with Crippen molar-refractivity contribution in [1.29, 1.82) is 0 Å². The number of alkyl carbamates (subject to hydrolysis) is 1. The first kappa shape index (κ1) is 17.6. The van der Waals surface area contributed by atoms with Gasteiger partial charge in [-0.05, 0) is 23.6 Å². The summed E-state index contributed by atoms with van der Waals surface area (Å²) in [6, 6.07) is 12.6. The maximum atomic E-state index is 12.1. The third-order valence-corrected chi connectivity index (χ3v) is 3.80. The summed E-state index contributed by atoms with van der Waals surface area (Å²) in [6.07, 6.45) is 2.78. The minimum absolute atomic E-state index is 0.0463. The minimum Gasteiger partial charge on any atom is -0.445 e. The molecule has 3 rings (SSSR count). The van der Waals surface area contributed by atoms with E-state index < -0.39 is 12.1 Å². The van der Waals surface area contributed by atoms with Gasteiger partial charge in [0.15, 0.2) is 0 Å². The summed E-state index contributed by atoms with van der Waals surface area (Å²) in [4.78, 5) is 20.5. The first-order valence-corrected chi connectivity index (χ1v) is 8.34. The molecule has 1 amide bonds. The average molecular weight is 352 g/mol. The first-order valence-electron chi connectivity index (χ1n) is 8.34. The maximum Gasteiger partial charge on any atom is 0.408 e. The van der Waals surface area contributed by atoms with Crippen LogP contribution in [0.2, 0.25) is 0 Å². The van der Waals surface area contributed by atoms with Gasteiger partial charge in [-0.15, -0.1) is 0 Å². The van der Waals surface area contributed by atoms with Crippen molar-refractivity contribution in [3.8, 4) is 11.4 Å². The summed E-state index contributed by atoms with van der Waals surface area (Å²) in [5, 5.41) is 6.78. The van der Waals surface area contributed by atoms with Crippen LogP contribution in [0.3, 0.4) is 0 Å². The molecule has 7 nitrogen and oxygen atoms in total. The number of aromatic nitrogens is 3. The van der Waals surface area contributed by atoms with E-state index in [1.54, 1.807) is 24.5 Å².